The Bertz CT molecular complexity index is 1080. The highest BCUT2D eigenvalue weighted by molar-refractivity contribution is 9.11. The lowest BCUT2D eigenvalue weighted by atomic mass is 9.78. The Labute approximate surface area is 194 Å². The molecule has 0 spiro atoms. The van der Waals surface area contributed by atoms with E-state index < -0.39 is 26.8 Å². The number of halogens is 2. The molecular weight excluding hydrogens is 536 g/mol. The molecule has 0 bridgehead atoms. The molecule has 30 heavy (non-hydrogen) atoms. The molecule has 0 unspecified atom stereocenters. The van der Waals surface area contributed by atoms with Gasteiger partial charge in [0.15, 0.2) is 0 Å². The Morgan fingerprint density at radius 1 is 0.967 bits per heavy atom. The van der Waals surface area contributed by atoms with E-state index in [9.17, 15) is 18.3 Å². The number of phenols is 1. The number of carbonyl (C=O) groups excluding carboxylic acids is 1. The third-order valence-corrected chi connectivity index (χ3v) is 6.57. The molecule has 0 aromatic heterocycles. The molecule has 2 aromatic carbocycles. The number of amides is 1. The maximum absolute atomic E-state index is 13.1. The molecule has 0 aliphatic heterocycles. The second kappa shape index (κ2) is 8.26. The van der Waals surface area contributed by atoms with Gasteiger partial charge in [-0.1, -0.05) is 57.5 Å². The van der Waals surface area contributed by atoms with E-state index in [2.05, 4.69) is 37.2 Å². The van der Waals surface area contributed by atoms with Crippen molar-refractivity contribution < 1.29 is 18.3 Å². The summed E-state index contributed by atoms with van der Waals surface area (Å²) in [5.74, 6) is -0.361. The topological polar surface area (TPSA) is 109 Å². The monoisotopic (exact) mass is 560 g/mol. The van der Waals surface area contributed by atoms with Crippen molar-refractivity contribution in [3.63, 3.8) is 0 Å². The van der Waals surface area contributed by atoms with Crippen LogP contribution in [0.15, 0.2) is 38.1 Å². The summed E-state index contributed by atoms with van der Waals surface area (Å²) in [6, 6.07) is 6.20. The standard InChI is InChI=1S/C21H26Br2N2O4S/c1-20(2,3)13-7-11(8-14(18(13)26)21(4,5)6)19(27)25-17-15(23)9-12(22)10-16(17)30(24,28)29/h7-10,26H,1-6H3,(H,25,27)(H2,24,28,29). The number of hydrogen-bond donors (Lipinski definition) is 3. The average molecular weight is 562 g/mol. The number of nitrogens with two attached hydrogens (primary N) is 1. The van der Waals surface area contributed by atoms with Crippen LogP contribution in [0.25, 0.3) is 0 Å². The van der Waals surface area contributed by atoms with E-state index in [0.29, 0.717) is 25.6 Å². The summed E-state index contributed by atoms with van der Waals surface area (Å²) in [7, 11) is -4.09. The summed E-state index contributed by atoms with van der Waals surface area (Å²) in [6.45, 7) is 11.7. The summed E-state index contributed by atoms with van der Waals surface area (Å²) in [6.07, 6.45) is 0. The van der Waals surface area contributed by atoms with Gasteiger partial charge in [0.2, 0.25) is 10.0 Å². The summed E-state index contributed by atoms with van der Waals surface area (Å²) >= 11 is 6.52. The van der Waals surface area contributed by atoms with Crippen molar-refractivity contribution in [2.75, 3.05) is 5.32 Å². The van der Waals surface area contributed by atoms with Gasteiger partial charge in [-0.25, -0.2) is 13.6 Å². The molecule has 0 saturated carbocycles. The number of anilines is 1. The number of primary sulfonamides is 1. The highest BCUT2D eigenvalue weighted by Crippen LogP contribution is 2.40. The Morgan fingerprint density at radius 2 is 1.43 bits per heavy atom. The minimum absolute atomic E-state index is 0.0494. The van der Waals surface area contributed by atoms with Gasteiger partial charge in [0, 0.05) is 25.6 Å². The predicted molar refractivity (Wildman–Crippen MR) is 127 cm³/mol. The Hall–Kier alpha value is -1.42. The number of phenolic OH excluding ortho intramolecular Hbond substituents is 1. The summed E-state index contributed by atoms with van der Waals surface area (Å²) < 4.78 is 24.9. The van der Waals surface area contributed by atoms with Gasteiger partial charge in [0.05, 0.1) is 5.69 Å². The number of sulfonamides is 1. The molecule has 9 heteroatoms. The van der Waals surface area contributed by atoms with E-state index >= 15 is 0 Å². The maximum Gasteiger partial charge on any atom is 0.255 e. The van der Waals surface area contributed by atoms with Crippen LogP contribution in [-0.4, -0.2) is 19.4 Å². The fourth-order valence-corrected chi connectivity index (χ4v) is 5.33. The number of nitrogens with one attached hydrogen (secondary N) is 1. The summed E-state index contributed by atoms with van der Waals surface area (Å²) in [5.41, 5.74) is 0.781. The minimum Gasteiger partial charge on any atom is -0.507 e. The molecule has 2 rings (SSSR count). The molecule has 0 saturated heterocycles. The molecule has 1 amide bonds. The number of hydrogen-bond acceptors (Lipinski definition) is 4. The van der Waals surface area contributed by atoms with E-state index in [1.165, 1.54) is 6.07 Å². The van der Waals surface area contributed by atoms with E-state index in [1.807, 2.05) is 41.5 Å². The van der Waals surface area contributed by atoms with Crippen molar-refractivity contribution in [3.05, 3.63) is 49.9 Å². The highest BCUT2D eigenvalue weighted by atomic mass is 79.9. The van der Waals surface area contributed by atoms with Crippen molar-refractivity contribution in [1.29, 1.82) is 0 Å². The second-order valence-corrected chi connectivity index (χ2v) is 12.5. The molecule has 6 nitrogen and oxygen atoms in total. The van der Waals surface area contributed by atoms with E-state index in [0.717, 1.165) is 0 Å². The zero-order chi connectivity index (χ0) is 23.2. The van der Waals surface area contributed by atoms with Gasteiger partial charge in [0.25, 0.3) is 5.91 Å². The van der Waals surface area contributed by atoms with Gasteiger partial charge >= 0.3 is 0 Å². The Balaban J connectivity index is 2.67. The SMILES string of the molecule is CC(C)(C)c1cc(C(=O)Nc2c(Br)cc(Br)cc2S(N)(=O)=O)cc(C(C)(C)C)c1O. The molecule has 0 atom stereocenters. The first kappa shape index (κ1) is 24.8. The van der Waals surface area contributed by atoms with Gasteiger partial charge < -0.3 is 10.4 Å². The van der Waals surface area contributed by atoms with Crippen LogP contribution in [0, 0.1) is 0 Å². The first-order valence-corrected chi connectivity index (χ1v) is 12.3. The fraction of sp³-hybridized carbons (Fsp3) is 0.381. The van der Waals surface area contributed by atoms with E-state index in [-0.39, 0.29) is 16.3 Å². The van der Waals surface area contributed by atoms with Crippen LogP contribution in [0.1, 0.15) is 63.0 Å². The van der Waals surface area contributed by atoms with Gasteiger partial charge in [0.1, 0.15) is 10.6 Å². The minimum atomic E-state index is -4.09. The van der Waals surface area contributed by atoms with Crippen molar-refractivity contribution in [2.45, 2.75) is 57.3 Å². The van der Waals surface area contributed by atoms with Crippen LogP contribution >= 0.6 is 31.9 Å². The zero-order valence-electron chi connectivity index (χ0n) is 17.7. The predicted octanol–water partition coefficient (Wildman–Crippen LogP) is 5.41. The van der Waals surface area contributed by atoms with Gasteiger partial charge in [-0.05, 0) is 51.0 Å². The van der Waals surface area contributed by atoms with Crippen LogP contribution in [0.2, 0.25) is 0 Å². The molecular formula is C21H26Br2N2O4S. The molecule has 0 radical (unpaired) electrons. The molecule has 4 N–H and O–H groups in total. The lowest BCUT2D eigenvalue weighted by molar-refractivity contribution is 0.102. The molecule has 0 heterocycles. The van der Waals surface area contributed by atoms with E-state index in [4.69, 9.17) is 5.14 Å². The normalized spacial score (nSPS) is 12.7. The third-order valence-electron chi connectivity index (χ3n) is 4.55. The van der Waals surface area contributed by atoms with Gasteiger partial charge in [-0.2, -0.15) is 0 Å². The number of carbonyl (C=O) groups is 1. The van der Waals surface area contributed by atoms with Crippen LogP contribution < -0.4 is 10.5 Å². The van der Waals surface area contributed by atoms with Crippen LogP contribution in [0.4, 0.5) is 5.69 Å². The van der Waals surface area contributed by atoms with Crippen molar-refractivity contribution in [3.8, 4) is 5.75 Å². The first-order valence-electron chi connectivity index (χ1n) is 9.14. The van der Waals surface area contributed by atoms with Crippen LogP contribution in [0.3, 0.4) is 0 Å². The molecule has 0 fully saturated rings. The number of aromatic hydroxyl groups is 1. The van der Waals surface area contributed by atoms with Crippen LogP contribution in [-0.2, 0) is 20.9 Å². The molecule has 0 aliphatic rings. The average Bonchev–Trinajstić information content (AvgIpc) is 2.53. The van der Waals surface area contributed by atoms with Crippen molar-refractivity contribution >= 4 is 53.5 Å². The third kappa shape index (κ3) is 5.43. The van der Waals surface area contributed by atoms with Gasteiger partial charge in [-0.15, -0.1) is 0 Å². The summed E-state index contributed by atoms with van der Waals surface area (Å²) in [4.78, 5) is 12.9. The quantitative estimate of drug-likeness (QED) is 0.465. The van der Waals surface area contributed by atoms with Gasteiger partial charge in [-0.3, -0.25) is 4.79 Å². The second-order valence-electron chi connectivity index (χ2n) is 9.18. The lowest BCUT2D eigenvalue weighted by Crippen LogP contribution is -2.22. The zero-order valence-corrected chi connectivity index (χ0v) is 21.7. The van der Waals surface area contributed by atoms with E-state index in [1.54, 1.807) is 18.2 Å². The molecule has 2 aromatic rings. The fourth-order valence-electron chi connectivity index (χ4n) is 2.99. The Morgan fingerprint density at radius 3 is 1.83 bits per heavy atom. The smallest absolute Gasteiger partial charge is 0.255 e. The molecule has 0 aliphatic carbocycles. The number of rotatable bonds is 3. The lowest BCUT2D eigenvalue weighted by Gasteiger charge is -2.28. The van der Waals surface area contributed by atoms with Crippen molar-refractivity contribution in [1.82, 2.24) is 0 Å². The van der Waals surface area contributed by atoms with Crippen LogP contribution in [0.5, 0.6) is 5.75 Å². The highest BCUT2D eigenvalue weighted by Gasteiger charge is 2.28. The first-order chi connectivity index (χ1) is 13.4. The summed E-state index contributed by atoms with van der Waals surface area (Å²) in [5, 5.41) is 18.8. The molecule has 164 valence electrons. The number of benzene rings is 2. The van der Waals surface area contributed by atoms with Crippen molar-refractivity contribution in [2.24, 2.45) is 5.14 Å². The Kier molecular flexibility index (Phi) is 6.84. The maximum atomic E-state index is 13.1. The largest absolute Gasteiger partial charge is 0.507 e.